The third-order valence-corrected chi connectivity index (χ3v) is 7.58. The van der Waals surface area contributed by atoms with Crippen molar-refractivity contribution in [1.29, 1.82) is 0 Å². The lowest BCUT2D eigenvalue weighted by Gasteiger charge is -2.28. The molecule has 1 amide bonds. The number of benzene rings is 3. The fourth-order valence-corrected chi connectivity index (χ4v) is 5.26. The minimum atomic E-state index is -3.73. The Hall–Kier alpha value is -3.23. The van der Waals surface area contributed by atoms with Gasteiger partial charge in [-0.15, -0.1) is 0 Å². The van der Waals surface area contributed by atoms with Crippen LogP contribution in [0.15, 0.2) is 71.6 Å². The highest BCUT2D eigenvalue weighted by Gasteiger charge is 2.28. The SMILES string of the molecule is COc1ccc(CCC(=O)Nc2ccc3c(c2)CN(S(=O)(=O)c2ccc(F)cc2)CC3)cc1. The molecule has 0 aliphatic carbocycles. The molecule has 0 radical (unpaired) electrons. The van der Waals surface area contributed by atoms with Crippen LogP contribution in [0.3, 0.4) is 0 Å². The van der Waals surface area contributed by atoms with Gasteiger partial charge in [0, 0.05) is 25.2 Å². The molecular formula is C25H25FN2O4S. The van der Waals surface area contributed by atoms with Crippen LogP contribution in [0.1, 0.15) is 23.1 Å². The molecule has 1 aliphatic heterocycles. The number of nitrogens with zero attached hydrogens (tertiary/aromatic N) is 1. The number of fused-ring (bicyclic) bond motifs is 1. The van der Waals surface area contributed by atoms with Gasteiger partial charge >= 0.3 is 0 Å². The van der Waals surface area contributed by atoms with Crippen LogP contribution >= 0.6 is 0 Å². The molecule has 3 aromatic carbocycles. The van der Waals surface area contributed by atoms with E-state index >= 15 is 0 Å². The summed E-state index contributed by atoms with van der Waals surface area (Å²) in [6.45, 7) is 0.547. The third kappa shape index (κ3) is 5.40. The third-order valence-electron chi connectivity index (χ3n) is 5.72. The molecule has 0 unspecified atom stereocenters. The monoisotopic (exact) mass is 468 g/mol. The van der Waals surface area contributed by atoms with E-state index in [1.807, 2.05) is 42.5 Å². The Balaban J connectivity index is 1.40. The number of hydrogen-bond donors (Lipinski definition) is 1. The van der Waals surface area contributed by atoms with Crippen molar-refractivity contribution in [2.45, 2.75) is 30.7 Å². The molecule has 6 nitrogen and oxygen atoms in total. The lowest BCUT2D eigenvalue weighted by molar-refractivity contribution is -0.116. The van der Waals surface area contributed by atoms with Crippen molar-refractivity contribution in [3.8, 4) is 5.75 Å². The Morgan fingerprint density at radius 2 is 1.76 bits per heavy atom. The minimum absolute atomic E-state index is 0.0651. The number of hydrogen-bond acceptors (Lipinski definition) is 4. The van der Waals surface area contributed by atoms with Crippen LogP contribution < -0.4 is 10.1 Å². The van der Waals surface area contributed by atoms with Gasteiger partial charge in [-0.05, 0) is 78.1 Å². The highest BCUT2D eigenvalue weighted by atomic mass is 32.2. The van der Waals surface area contributed by atoms with Crippen molar-refractivity contribution in [3.05, 3.63) is 89.2 Å². The highest BCUT2D eigenvalue weighted by Crippen LogP contribution is 2.27. The molecule has 0 saturated heterocycles. The zero-order valence-corrected chi connectivity index (χ0v) is 19.1. The van der Waals surface area contributed by atoms with Gasteiger partial charge in [0.25, 0.3) is 0 Å². The summed E-state index contributed by atoms with van der Waals surface area (Å²) in [5.74, 6) is 0.176. The maximum Gasteiger partial charge on any atom is 0.243 e. The number of amides is 1. The molecule has 8 heteroatoms. The number of nitrogens with one attached hydrogen (secondary N) is 1. The summed E-state index contributed by atoms with van der Waals surface area (Å²) >= 11 is 0. The predicted octanol–water partition coefficient (Wildman–Crippen LogP) is 4.15. The topological polar surface area (TPSA) is 75.7 Å². The lowest BCUT2D eigenvalue weighted by Crippen LogP contribution is -2.36. The summed E-state index contributed by atoms with van der Waals surface area (Å²) in [7, 11) is -2.12. The average molecular weight is 469 g/mol. The second-order valence-corrected chi connectivity index (χ2v) is 9.86. The number of methoxy groups -OCH3 is 1. The number of rotatable bonds is 7. The lowest BCUT2D eigenvalue weighted by atomic mass is 10.0. The van der Waals surface area contributed by atoms with Gasteiger partial charge in [-0.3, -0.25) is 4.79 Å². The molecule has 172 valence electrons. The molecule has 1 heterocycles. The first kappa shape index (κ1) is 22.9. The Kier molecular flexibility index (Phi) is 6.76. The van der Waals surface area contributed by atoms with Gasteiger partial charge in [-0.25, -0.2) is 12.8 Å². The molecule has 1 N–H and O–H groups in total. The van der Waals surface area contributed by atoms with Gasteiger partial charge in [0.1, 0.15) is 11.6 Å². The van der Waals surface area contributed by atoms with Crippen molar-refractivity contribution in [1.82, 2.24) is 4.31 Å². The van der Waals surface area contributed by atoms with Crippen molar-refractivity contribution in [2.75, 3.05) is 19.0 Å². The normalized spacial score (nSPS) is 13.9. The molecule has 0 atom stereocenters. The molecule has 0 bridgehead atoms. The molecule has 4 rings (SSSR count). The van der Waals surface area contributed by atoms with E-state index in [2.05, 4.69) is 5.32 Å². The zero-order chi connectivity index (χ0) is 23.4. The summed E-state index contributed by atoms with van der Waals surface area (Å²) in [6, 6.07) is 18.0. The predicted molar refractivity (Wildman–Crippen MR) is 124 cm³/mol. The van der Waals surface area contributed by atoms with E-state index in [9.17, 15) is 17.6 Å². The van der Waals surface area contributed by atoms with Crippen molar-refractivity contribution in [3.63, 3.8) is 0 Å². The van der Waals surface area contributed by atoms with Gasteiger partial charge in [-0.1, -0.05) is 18.2 Å². The number of sulfonamides is 1. The van der Waals surface area contributed by atoms with Gasteiger partial charge in [0.2, 0.25) is 15.9 Å². The Morgan fingerprint density at radius 1 is 1.03 bits per heavy atom. The summed E-state index contributed by atoms with van der Waals surface area (Å²) in [6.07, 6.45) is 1.50. The number of ether oxygens (including phenoxy) is 1. The first-order valence-electron chi connectivity index (χ1n) is 10.7. The molecular weight excluding hydrogens is 443 g/mol. The first-order valence-corrected chi connectivity index (χ1v) is 12.1. The quantitative estimate of drug-likeness (QED) is 0.565. The molecule has 0 saturated carbocycles. The molecule has 33 heavy (non-hydrogen) atoms. The number of halogens is 1. The number of anilines is 1. The summed E-state index contributed by atoms with van der Waals surface area (Å²) in [4.78, 5) is 12.5. The van der Waals surface area contributed by atoms with Crippen LogP contribution in [-0.4, -0.2) is 32.3 Å². The van der Waals surface area contributed by atoms with E-state index in [1.165, 1.54) is 16.4 Å². The van der Waals surface area contributed by atoms with E-state index in [0.29, 0.717) is 31.5 Å². The second-order valence-electron chi connectivity index (χ2n) is 7.92. The van der Waals surface area contributed by atoms with Crippen LogP contribution in [-0.2, 0) is 34.2 Å². The average Bonchev–Trinajstić information content (AvgIpc) is 2.83. The zero-order valence-electron chi connectivity index (χ0n) is 18.3. The first-order chi connectivity index (χ1) is 15.8. The van der Waals surface area contributed by atoms with E-state index < -0.39 is 15.8 Å². The van der Waals surface area contributed by atoms with Crippen molar-refractivity contribution >= 4 is 21.6 Å². The number of carbonyl (C=O) groups excluding carboxylic acids is 1. The number of aryl methyl sites for hydroxylation is 1. The molecule has 3 aromatic rings. The molecule has 1 aliphatic rings. The van der Waals surface area contributed by atoms with Gasteiger partial charge in [0.15, 0.2) is 0 Å². The van der Waals surface area contributed by atoms with E-state index in [1.54, 1.807) is 7.11 Å². The standard InChI is InChI=1S/C25H25FN2O4S/c1-32-23-9-2-18(3-10-23)4-13-25(29)27-22-8-5-19-14-15-28(17-20(19)16-22)33(30,31)24-11-6-21(26)7-12-24/h2-3,5-12,16H,4,13-15,17H2,1H3,(H,27,29). The summed E-state index contributed by atoms with van der Waals surface area (Å²) in [5, 5.41) is 2.90. The summed E-state index contributed by atoms with van der Waals surface area (Å²) in [5.41, 5.74) is 3.57. The van der Waals surface area contributed by atoms with E-state index in [-0.39, 0.29) is 17.3 Å². The van der Waals surface area contributed by atoms with Crippen molar-refractivity contribution in [2.24, 2.45) is 0 Å². The Morgan fingerprint density at radius 3 is 2.45 bits per heavy atom. The summed E-state index contributed by atoms with van der Waals surface area (Å²) < 4.78 is 45.6. The van der Waals surface area contributed by atoms with Crippen LogP contribution in [0.25, 0.3) is 0 Å². The van der Waals surface area contributed by atoms with E-state index in [4.69, 9.17) is 4.74 Å². The highest BCUT2D eigenvalue weighted by molar-refractivity contribution is 7.89. The van der Waals surface area contributed by atoms with E-state index in [0.717, 1.165) is 34.6 Å². The van der Waals surface area contributed by atoms with Crippen LogP contribution in [0.2, 0.25) is 0 Å². The smallest absolute Gasteiger partial charge is 0.243 e. The Bertz CT molecular complexity index is 1240. The largest absolute Gasteiger partial charge is 0.497 e. The molecule has 0 fully saturated rings. The minimum Gasteiger partial charge on any atom is -0.497 e. The van der Waals surface area contributed by atoms with Crippen LogP contribution in [0, 0.1) is 5.82 Å². The maximum atomic E-state index is 13.2. The fourth-order valence-electron chi connectivity index (χ4n) is 3.84. The molecule has 0 aromatic heterocycles. The number of carbonyl (C=O) groups is 1. The Labute approximate surface area is 193 Å². The van der Waals surface area contributed by atoms with Crippen LogP contribution in [0.4, 0.5) is 10.1 Å². The van der Waals surface area contributed by atoms with Gasteiger partial charge < -0.3 is 10.1 Å². The molecule has 0 spiro atoms. The maximum absolute atomic E-state index is 13.2. The van der Waals surface area contributed by atoms with Gasteiger partial charge in [0.05, 0.1) is 12.0 Å². The fraction of sp³-hybridized carbons (Fsp3) is 0.240. The van der Waals surface area contributed by atoms with Crippen molar-refractivity contribution < 1.29 is 22.3 Å². The second kappa shape index (κ2) is 9.72. The van der Waals surface area contributed by atoms with Gasteiger partial charge in [-0.2, -0.15) is 4.31 Å². The van der Waals surface area contributed by atoms with Crippen LogP contribution in [0.5, 0.6) is 5.75 Å².